The van der Waals surface area contributed by atoms with Crippen LogP contribution in [0, 0.1) is 32.5 Å². The van der Waals surface area contributed by atoms with Gasteiger partial charge in [0.2, 0.25) is 15.9 Å². The maximum absolute atomic E-state index is 13.8. The number of benzene rings is 2. The number of methoxy groups -OCH3 is 1. The molecule has 1 saturated carbocycles. The molecule has 1 atom stereocenters. The van der Waals surface area contributed by atoms with Crippen molar-refractivity contribution < 1.29 is 27.1 Å². The molecule has 0 aliphatic heterocycles. The fraction of sp³-hybridized carbons (Fsp3) is 0.567. The molecule has 1 aliphatic carbocycles. The molecule has 3 rings (SSSR count). The lowest BCUT2D eigenvalue weighted by Gasteiger charge is -2.37. The summed E-state index contributed by atoms with van der Waals surface area (Å²) >= 11 is 0. The lowest BCUT2D eigenvalue weighted by atomic mass is 9.78. The van der Waals surface area contributed by atoms with Gasteiger partial charge in [-0.3, -0.25) is 4.79 Å². The largest absolute Gasteiger partial charge is 0.496 e. The van der Waals surface area contributed by atoms with E-state index in [-0.39, 0.29) is 48.5 Å². The van der Waals surface area contributed by atoms with Crippen molar-refractivity contribution in [3.05, 3.63) is 58.4 Å². The van der Waals surface area contributed by atoms with Gasteiger partial charge in [0.1, 0.15) is 18.2 Å². The number of hydrogen-bond donors (Lipinski definition) is 1. The molecular weight excluding hydrogens is 533 g/mol. The third-order valence-corrected chi connectivity index (χ3v) is 10.1. The van der Waals surface area contributed by atoms with Crippen molar-refractivity contribution in [1.29, 1.82) is 0 Å². The topological polar surface area (TPSA) is 88.2 Å². The van der Waals surface area contributed by atoms with E-state index in [1.165, 1.54) is 17.4 Å². The van der Waals surface area contributed by atoms with Gasteiger partial charge in [-0.05, 0) is 107 Å². The van der Waals surface area contributed by atoms with Gasteiger partial charge in [-0.1, -0.05) is 12.1 Å². The number of aryl methyl sites for hydroxylation is 1. The van der Waals surface area contributed by atoms with Crippen molar-refractivity contribution in [1.82, 2.24) is 14.5 Å². The highest BCUT2D eigenvalue weighted by Crippen LogP contribution is 2.37. The van der Waals surface area contributed by atoms with Gasteiger partial charge in [0, 0.05) is 25.7 Å². The second-order valence-corrected chi connectivity index (χ2v) is 13.0. The molecule has 1 aliphatic rings. The molecule has 1 N–H and O–H groups in total. The summed E-state index contributed by atoms with van der Waals surface area (Å²) in [5, 5.41) is 3.05. The van der Waals surface area contributed by atoms with Crippen molar-refractivity contribution in [3.8, 4) is 5.75 Å². The zero-order valence-corrected chi connectivity index (χ0v) is 25.6. The van der Waals surface area contributed by atoms with Gasteiger partial charge in [-0.2, -0.15) is 4.31 Å². The predicted octanol–water partition coefficient (Wildman–Crippen LogP) is 4.37. The summed E-state index contributed by atoms with van der Waals surface area (Å²) in [5.41, 5.74) is 3.04. The Labute approximate surface area is 238 Å². The second kappa shape index (κ2) is 13.9. The molecule has 40 heavy (non-hydrogen) atoms. The molecule has 0 spiro atoms. The quantitative estimate of drug-likeness (QED) is 0.377. The first-order chi connectivity index (χ1) is 18.9. The molecule has 8 nitrogen and oxygen atoms in total. The Morgan fingerprint density at radius 2 is 1.75 bits per heavy atom. The Hall–Kier alpha value is -2.53. The molecule has 2 aromatic rings. The zero-order chi connectivity index (χ0) is 29.6. The van der Waals surface area contributed by atoms with E-state index in [2.05, 4.69) is 10.2 Å². The second-order valence-electron chi connectivity index (χ2n) is 11.0. The van der Waals surface area contributed by atoms with Crippen LogP contribution < -0.4 is 10.1 Å². The van der Waals surface area contributed by atoms with Crippen molar-refractivity contribution in [2.75, 3.05) is 48.0 Å². The molecular formula is C30H44FN3O5S. The number of sulfonamides is 1. The highest BCUT2D eigenvalue weighted by Gasteiger charge is 2.31. The van der Waals surface area contributed by atoms with Crippen molar-refractivity contribution in [2.45, 2.75) is 63.4 Å². The Balaban J connectivity index is 1.45. The molecule has 0 aromatic heterocycles. The Morgan fingerprint density at radius 3 is 2.35 bits per heavy atom. The van der Waals surface area contributed by atoms with Crippen LogP contribution >= 0.6 is 0 Å². The van der Waals surface area contributed by atoms with E-state index in [0.717, 1.165) is 36.8 Å². The van der Waals surface area contributed by atoms with Crippen LogP contribution in [0.25, 0.3) is 0 Å². The van der Waals surface area contributed by atoms with Gasteiger partial charge < -0.3 is 19.7 Å². The number of carbonyl (C=O) groups is 1. The number of carbonyl (C=O) groups excluding carboxylic acids is 1. The van der Waals surface area contributed by atoms with Gasteiger partial charge in [0.15, 0.2) is 0 Å². The molecule has 222 valence electrons. The standard InChI is InChI=1S/C30H44FN3O5S/c1-20-17-27(38-7)21(2)22(3)30(20)40(36,37)34(6)15-16-39-19-28(35)32-26-13-11-23(12-14-26)29(33(4)5)24-9-8-10-25(31)18-24/h8-10,17-18,23,26,29H,11-16,19H2,1-7H3,(H,32,35). The lowest BCUT2D eigenvalue weighted by Crippen LogP contribution is -2.41. The first-order valence-electron chi connectivity index (χ1n) is 13.8. The summed E-state index contributed by atoms with van der Waals surface area (Å²) in [6, 6.07) is 8.72. The van der Waals surface area contributed by atoms with Gasteiger partial charge in [-0.25, -0.2) is 12.8 Å². The minimum Gasteiger partial charge on any atom is -0.496 e. The van der Waals surface area contributed by atoms with Crippen molar-refractivity contribution in [3.63, 3.8) is 0 Å². The first kappa shape index (κ1) is 32.0. The van der Waals surface area contributed by atoms with Crippen LogP contribution in [0.1, 0.15) is 54.0 Å². The highest BCUT2D eigenvalue weighted by molar-refractivity contribution is 7.89. The molecule has 10 heteroatoms. The van der Waals surface area contributed by atoms with Crippen LogP contribution in [-0.2, 0) is 19.6 Å². The van der Waals surface area contributed by atoms with E-state index in [0.29, 0.717) is 22.8 Å². The molecule has 1 fully saturated rings. The normalized spacial score (nSPS) is 18.6. The van der Waals surface area contributed by atoms with Crippen LogP contribution in [0.2, 0.25) is 0 Å². The van der Waals surface area contributed by atoms with Crippen LogP contribution in [-0.4, -0.2) is 77.6 Å². The minimum atomic E-state index is -3.74. The molecule has 0 heterocycles. The first-order valence-corrected chi connectivity index (χ1v) is 15.2. The Bertz CT molecular complexity index is 1280. The lowest BCUT2D eigenvalue weighted by molar-refractivity contribution is -0.126. The van der Waals surface area contributed by atoms with Crippen LogP contribution in [0.4, 0.5) is 4.39 Å². The van der Waals surface area contributed by atoms with E-state index in [9.17, 15) is 17.6 Å². The number of halogens is 1. The van der Waals surface area contributed by atoms with Crippen LogP contribution in [0.5, 0.6) is 5.75 Å². The van der Waals surface area contributed by atoms with Gasteiger partial charge in [-0.15, -0.1) is 0 Å². The number of likely N-dealkylation sites (N-methyl/N-ethyl adjacent to an activating group) is 1. The maximum atomic E-state index is 13.8. The number of rotatable bonds is 12. The summed E-state index contributed by atoms with van der Waals surface area (Å²) in [5.74, 6) is 0.597. The maximum Gasteiger partial charge on any atom is 0.246 e. The summed E-state index contributed by atoms with van der Waals surface area (Å²) in [4.78, 5) is 14.9. The third kappa shape index (κ3) is 7.60. The van der Waals surface area contributed by atoms with Gasteiger partial charge >= 0.3 is 0 Å². The van der Waals surface area contributed by atoms with Crippen molar-refractivity contribution in [2.24, 2.45) is 5.92 Å². The minimum absolute atomic E-state index is 0.0648. The number of nitrogens with one attached hydrogen (secondary N) is 1. The summed E-state index contributed by atoms with van der Waals surface area (Å²) in [6.45, 7) is 5.47. The molecule has 1 amide bonds. The average molecular weight is 578 g/mol. The summed E-state index contributed by atoms with van der Waals surface area (Å²) in [6.07, 6.45) is 3.54. The Kier molecular flexibility index (Phi) is 11.1. The molecule has 0 bridgehead atoms. The van der Waals surface area contributed by atoms with Gasteiger partial charge in [0.05, 0.1) is 18.6 Å². The van der Waals surface area contributed by atoms with E-state index in [1.54, 1.807) is 39.2 Å². The van der Waals surface area contributed by atoms with E-state index < -0.39 is 10.0 Å². The molecule has 0 radical (unpaired) electrons. The van der Waals surface area contributed by atoms with E-state index in [4.69, 9.17) is 9.47 Å². The highest BCUT2D eigenvalue weighted by atomic mass is 32.2. The van der Waals surface area contributed by atoms with Crippen LogP contribution in [0.3, 0.4) is 0 Å². The number of hydrogen-bond acceptors (Lipinski definition) is 6. The zero-order valence-electron chi connectivity index (χ0n) is 24.8. The van der Waals surface area contributed by atoms with Gasteiger partial charge in [0.25, 0.3) is 0 Å². The fourth-order valence-electron chi connectivity index (χ4n) is 5.80. The number of ether oxygens (including phenoxy) is 2. The summed E-state index contributed by atoms with van der Waals surface area (Å²) in [7, 11) is 3.38. The molecule has 0 saturated heterocycles. The van der Waals surface area contributed by atoms with Crippen molar-refractivity contribution >= 4 is 15.9 Å². The summed E-state index contributed by atoms with van der Waals surface area (Å²) < 4.78 is 52.5. The average Bonchev–Trinajstić information content (AvgIpc) is 2.89. The predicted molar refractivity (Wildman–Crippen MR) is 155 cm³/mol. The SMILES string of the molecule is COc1cc(C)c(S(=O)(=O)N(C)CCOCC(=O)NC2CCC(C(c3cccc(F)c3)N(C)C)CC2)c(C)c1C. The van der Waals surface area contributed by atoms with E-state index >= 15 is 0 Å². The molecule has 1 unspecified atom stereocenters. The molecule has 2 aromatic carbocycles. The van der Waals surface area contributed by atoms with Crippen LogP contribution in [0.15, 0.2) is 35.2 Å². The monoisotopic (exact) mass is 577 g/mol. The third-order valence-electron chi connectivity index (χ3n) is 7.98. The fourth-order valence-corrected chi connectivity index (χ4v) is 7.43. The number of amides is 1. The van der Waals surface area contributed by atoms with E-state index in [1.807, 2.05) is 27.1 Å². The Morgan fingerprint density at radius 1 is 1.07 bits per heavy atom. The number of nitrogens with zero attached hydrogens (tertiary/aromatic N) is 2. The smallest absolute Gasteiger partial charge is 0.246 e.